The Morgan fingerprint density at radius 1 is 1.12 bits per heavy atom. The van der Waals surface area contributed by atoms with Crippen LogP contribution < -0.4 is 0 Å². The molecule has 0 saturated carbocycles. The number of benzene rings is 1. The highest BCUT2D eigenvalue weighted by Gasteiger charge is 2.37. The van der Waals surface area contributed by atoms with Crippen LogP contribution in [0.2, 0.25) is 0 Å². The molecule has 3 nitrogen and oxygen atoms in total. The van der Waals surface area contributed by atoms with Gasteiger partial charge in [-0.2, -0.15) is 12.6 Å². The number of rotatable bonds is 2. The molecule has 84 valence electrons. The van der Waals surface area contributed by atoms with Gasteiger partial charge in [0.2, 0.25) is 0 Å². The fourth-order valence-electron chi connectivity index (χ4n) is 1.77. The third-order valence-electron chi connectivity index (χ3n) is 2.42. The molecule has 0 radical (unpaired) electrons. The number of amides is 2. The van der Waals surface area contributed by atoms with Gasteiger partial charge in [-0.15, -0.1) is 0 Å². The van der Waals surface area contributed by atoms with Gasteiger partial charge in [0.1, 0.15) is 0 Å². The van der Waals surface area contributed by atoms with Crippen LogP contribution in [-0.2, 0) is 0 Å². The highest BCUT2D eigenvalue weighted by molar-refractivity contribution is 7.81. The smallest absolute Gasteiger partial charge is 0.261 e. The van der Waals surface area contributed by atoms with Crippen LogP contribution in [0.5, 0.6) is 0 Å². The van der Waals surface area contributed by atoms with Crippen LogP contribution in [0.1, 0.15) is 34.6 Å². The van der Waals surface area contributed by atoms with E-state index in [4.69, 9.17) is 0 Å². The zero-order valence-corrected chi connectivity index (χ0v) is 10.1. The lowest BCUT2D eigenvalue weighted by molar-refractivity contribution is 0.0643. The number of fused-ring (bicyclic) bond motifs is 1. The summed E-state index contributed by atoms with van der Waals surface area (Å²) in [7, 11) is 0. The molecular formula is C12H13NO2S. The van der Waals surface area contributed by atoms with Crippen LogP contribution in [0.25, 0.3) is 0 Å². The van der Waals surface area contributed by atoms with Gasteiger partial charge >= 0.3 is 0 Å². The predicted molar refractivity (Wildman–Crippen MR) is 64.9 cm³/mol. The summed E-state index contributed by atoms with van der Waals surface area (Å²) in [5, 5.41) is 0. The Morgan fingerprint density at radius 3 is 1.94 bits per heavy atom. The highest BCUT2D eigenvalue weighted by Crippen LogP contribution is 2.25. The molecule has 0 fully saturated rings. The van der Waals surface area contributed by atoms with E-state index in [-0.39, 0.29) is 16.6 Å². The van der Waals surface area contributed by atoms with Gasteiger partial charge in [-0.25, -0.2) is 0 Å². The second-order valence-corrected chi connectivity index (χ2v) is 5.77. The second kappa shape index (κ2) is 3.63. The Kier molecular flexibility index (Phi) is 2.54. The summed E-state index contributed by atoms with van der Waals surface area (Å²) >= 11 is 4.34. The first kappa shape index (κ1) is 11.2. The first-order valence-corrected chi connectivity index (χ1v) is 5.52. The lowest BCUT2D eigenvalue weighted by Gasteiger charge is -2.23. The van der Waals surface area contributed by atoms with Gasteiger partial charge in [-0.1, -0.05) is 12.1 Å². The molecule has 1 aromatic rings. The number of hydrogen-bond donors (Lipinski definition) is 1. The number of carbonyl (C=O) groups excluding carboxylic acids is 2. The minimum absolute atomic E-state index is 0.220. The van der Waals surface area contributed by atoms with E-state index in [2.05, 4.69) is 12.6 Å². The van der Waals surface area contributed by atoms with Gasteiger partial charge in [0.25, 0.3) is 11.8 Å². The number of thiol groups is 1. The molecule has 16 heavy (non-hydrogen) atoms. The van der Waals surface area contributed by atoms with E-state index >= 15 is 0 Å². The maximum Gasteiger partial charge on any atom is 0.261 e. The molecule has 4 heteroatoms. The molecule has 0 saturated heterocycles. The number of carbonyl (C=O) groups is 2. The highest BCUT2D eigenvalue weighted by atomic mass is 32.1. The van der Waals surface area contributed by atoms with Gasteiger partial charge in [-0.05, 0) is 26.0 Å². The Bertz CT molecular complexity index is 427. The van der Waals surface area contributed by atoms with Crippen molar-refractivity contribution in [1.29, 1.82) is 0 Å². The van der Waals surface area contributed by atoms with Crippen molar-refractivity contribution in [1.82, 2.24) is 4.90 Å². The molecule has 0 atom stereocenters. The Hall–Kier alpha value is -1.29. The average molecular weight is 235 g/mol. The number of imide groups is 1. The monoisotopic (exact) mass is 235 g/mol. The molecule has 2 amide bonds. The van der Waals surface area contributed by atoms with Crippen molar-refractivity contribution in [3.8, 4) is 0 Å². The van der Waals surface area contributed by atoms with E-state index in [1.54, 1.807) is 24.3 Å². The quantitative estimate of drug-likeness (QED) is 0.629. The average Bonchev–Trinajstić information content (AvgIpc) is 2.43. The Labute approximate surface area is 99.9 Å². The lowest BCUT2D eigenvalue weighted by atomic mass is 10.1. The van der Waals surface area contributed by atoms with Crippen molar-refractivity contribution in [3.05, 3.63) is 35.4 Å². The zero-order valence-electron chi connectivity index (χ0n) is 9.23. The third kappa shape index (κ3) is 1.85. The largest absolute Gasteiger partial charge is 0.273 e. The summed E-state index contributed by atoms with van der Waals surface area (Å²) in [6.45, 7) is 4.07. The van der Waals surface area contributed by atoms with Crippen molar-refractivity contribution in [2.75, 3.05) is 6.54 Å². The van der Waals surface area contributed by atoms with Gasteiger partial charge in [-0.3, -0.25) is 14.5 Å². The Balaban J connectivity index is 2.36. The Morgan fingerprint density at radius 2 is 1.56 bits per heavy atom. The normalized spacial score (nSPS) is 15.6. The summed E-state index contributed by atoms with van der Waals surface area (Å²) in [6, 6.07) is 6.89. The van der Waals surface area contributed by atoms with E-state index in [0.29, 0.717) is 17.7 Å². The molecule has 1 aromatic carbocycles. The molecule has 0 N–H and O–H groups in total. The molecule has 1 aliphatic rings. The van der Waals surface area contributed by atoms with Gasteiger partial charge in [0, 0.05) is 11.3 Å². The fourth-order valence-corrected chi connectivity index (χ4v) is 1.91. The molecule has 0 bridgehead atoms. The summed E-state index contributed by atoms with van der Waals surface area (Å²) in [5.41, 5.74) is 0.982. The van der Waals surface area contributed by atoms with E-state index in [1.165, 1.54) is 4.90 Å². The summed E-state index contributed by atoms with van der Waals surface area (Å²) in [4.78, 5) is 25.2. The van der Waals surface area contributed by atoms with Crippen LogP contribution in [0.4, 0.5) is 0 Å². The molecule has 0 aliphatic carbocycles. The summed E-state index contributed by atoms with van der Waals surface area (Å²) in [6.07, 6.45) is 0. The predicted octanol–water partition coefficient (Wildman–Crippen LogP) is 1.99. The van der Waals surface area contributed by atoms with Crippen molar-refractivity contribution in [2.45, 2.75) is 18.6 Å². The van der Waals surface area contributed by atoms with Gasteiger partial charge < -0.3 is 0 Å². The minimum atomic E-state index is -0.382. The fraction of sp³-hybridized carbons (Fsp3) is 0.333. The molecule has 2 rings (SSSR count). The SMILES string of the molecule is CC(C)(S)CN1C(=O)c2ccccc2C1=O. The summed E-state index contributed by atoms with van der Waals surface area (Å²) in [5.74, 6) is -0.439. The zero-order chi connectivity index (χ0) is 11.9. The minimum Gasteiger partial charge on any atom is -0.273 e. The number of nitrogens with zero attached hydrogens (tertiary/aromatic N) is 1. The standard InChI is InChI=1S/C12H13NO2S/c1-12(2,16)7-13-10(14)8-5-3-4-6-9(8)11(13)15/h3-6,16H,7H2,1-2H3. The van der Waals surface area contributed by atoms with Crippen LogP contribution in [-0.4, -0.2) is 28.0 Å². The molecular weight excluding hydrogens is 222 g/mol. The lowest BCUT2D eigenvalue weighted by Crippen LogP contribution is -2.39. The summed E-state index contributed by atoms with van der Waals surface area (Å²) < 4.78 is -0.382. The van der Waals surface area contributed by atoms with Gasteiger partial charge in [0.05, 0.1) is 11.1 Å². The molecule has 0 aromatic heterocycles. The second-order valence-electron chi connectivity index (χ2n) is 4.55. The van der Waals surface area contributed by atoms with E-state index in [1.807, 2.05) is 13.8 Å². The molecule has 0 spiro atoms. The van der Waals surface area contributed by atoms with Crippen LogP contribution in [0.15, 0.2) is 24.3 Å². The third-order valence-corrected chi connectivity index (χ3v) is 2.56. The van der Waals surface area contributed by atoms with Crippen LogP contribution in [0.3, 0.4) is 0 Å². The molecule has 1 heterocycles. The number of hydrogen-bond acceptors (Lipinski definition) is 3. The maximum absolute atomic E-state index is 12.0. The first-order chi connectivity index (χ1) is 7.40. The van der Waals surface area contributed by atoms with Crippen molar-refractivity contribution < 1.29 is 9.59 Å². The van der Waals surface area contributed by atoms with Crippen molar-refractivity contribution >= 4 is 24.4 Å². The van der Waals surface area contributed by atoms with Crippen LogP contribution in [0, 0.1) is 0 Å². The molecule has 1 aliphatic heterocycles. The molecule has 0 unspecified atom stereocenters. The van der Waals surface area contributed by atoms with E-state index in [0.717, 1.165) is 0 Å². The topological polar surface area (TPSA) is 37.4 Å². The van der Waals surface area contributed by atoms with Crippen molar-refractivity contribution in [3.63, 3.8) is 0 Å². The van der Waals surface area contributed by atoms with Crippen LogP contribution >= 0.6 is 12.6 Å². The van der Waals surface area contributed by atoms with Crippen molar-refractivity contribution in [2.24, 2.45) is 0 Å². The van der Waals surface area contributed by atoms with Gasteiger partial charge in [0.15, 0.2) is 0 Å². The van der Waals surface area contributed by atoms with E-state index in [9.17, 15) is 9.59 Å². The first-order valence-electron chi connectivity index (χ1n) is 5.08. The van der Waals surface area contributed by atoms with E-state index < -0.39 is 0 Å². The maximum atomic E-state index is 12.0.